The molecule has 19 N–H and O–H groups in total. The SMILES string of the molecule is CC1OC(OC2C(OC(=O)C34CCC(C)(C)CC3C3=CCC5C6(C)CC(O)C(OC7OC(COC8OC(COC9OC(CO)C(O)C(O)C9O)C(O)C(O)C8O)C(O)C(O)C7O)C(CO)(CO)C6CCC5(C)C3(C)CC4O)OCC(O)C2O)C(O)C(O)C1O. The van der Waals surface area contributed by atoms with Crippen LogP contribution in [0.1, 0.15) is 92.9 Å². The zero-order valence-electron chi connectivity index (χ0n) is 50.8. The molecule has 0 amide bonds. The van der Waals surface area contributed by atoms with Gasteiger partial charge in [-0.05, 0) is 97.7 Å². The number of ether oxygens (including phenoxy) is 10. The maximum Gasteiger partial charge on any atom is 0.317 e. The van der Waals surface area contributed by atoms with Gasteiger partial charge in [0, 0.05) is 5.41 Å². The molecule has 30 nitrogen and oxygen atoms in total. The van der Waals surface area contributed by atoms with Gasteiger partial charge in [-0.3, -0.25) is 4.79 Å². The Kier molecular flexibility index (Phi) is 20.4. The predicted molar refractivity (Wildman–Crippen MR) is 294 cm³/mol. The Morgan fingerprint density at radius 1 is 0.551 bits per heavy atom. The van der Waals surface area contributed by atoms with Gasteiger partial charge in [0.1, 0.15) is 109 Å². The molecular formula is C59H96O30. The molecule has 9 fully saturated rings. The summed E-state index contributed by atoms with van der Waals surface area (Å²) >= 11 is 0. The Hall–Kier alpha value is -1.91. The van der Waals surface area contributed by atoms with Crippen LogP contribution in [0.25, 0.3) is 0 Å². The molecule has 89 heavy (non-hydrogen) atoms. The van der Waals surface area contributed by atoms with Gasteiger partial charge in [0.25, 0.3) is 0 Å². The van der Waals surface area contributed by atoms with Crippen molar-refractivity contribution < 1.29 is 149 Å². The molecule has 0 bridgehead atoms. The fourth-order valence-corrected chi connectivity index (χ4v) is 17.7. The second-order valence-corrected chi connectivity index (χ2v) is 28.7. The van der Waals surface area contributed by atoms with Crippen LogP contribution in [0.15, 0.2) is 11.6 Å². The summed E-state index contributed by atoms with van der Waals surface area (Å²) in [5, 5.41) is 209. The van der Waals surface area contributed by atoms with Crippen LogP contribution in [0.5, 0.6) is 0 Å². The Balaban J connectivity index is 0.858. The molecule has 30 heteroatoms. The number of carbonyl (C=O) groups is 1. The number of esters is 1. The van der Waals surface area contributed by atoms with Gasteiger partial charge in [-0.15, -0.1) is 0 Å². The van der Waals surface area contributed by atoms with Crippen molar-refractivity contribution in [3.63, 3.8) is 0 Å². The van der Waals surface area contributed by atoms with E-state index in [2.05, 4.69) is 33.8 Å². The standard InChI is InChI=1S/C59H96O30/c1-22-33(66)38(71)44(77)50(83-22)87-46-34(67)26(64)17-80-52(46)89-53(79)59-12-11-54(2,3)13-24(59)23-7-8-30-55(4)14-25(63)47(58(20-61,21-62)31(55)9-10-56(30,5)57(23,6)15-32(59)65)88-51-45(78)41(74)37(70)29(86-51)19-82-49-43(76)40(73)36(69)28(85-49)18-81-48-42(75)39(72)35(68)27(16-60)84-48/h7,22,24-52,60-78H,8-21H2,1-6H3. The zero-order chi connectivity index (χ0) is 65.2. The third-order valence-electron chi connectivity index (χ3n) is 23.2. The molecule has 512 valence electrons. The third-order valence-corrected chi connectivity index (χ3v) is 23.2. The Morgan fingerprint density at radius 3 is 1.65 bits per heavy atom. The smallest absolute Gasteiger partial charge is 0.317 e. The van der Waals surface area contributed by atoms with E-state index in [0.717, 1.165) is 5.57 Å². The second kappa shape index (κ2) is 25.9. The minimum absolute atomic E-state index is 0.0122. The molecule has 0 aromatic carbocycles. The van der Waals surface area contributed by atoms with E-state index in [1.54, 1.807) is 0 Å². The Labute approximate surface area is 514 Å². The summed E-state index contributed by atoms with van der Waals surface area (Å²) < 4.78 is 58.3. The molecule has 0 aromatic rings. The van der Waals surface area contributed by atoms with E-state index >= 15 is 4.79 Å². The van der Waals surface area contributed by atoms with Crippen LogP contribution in [0.2, 0.25) is 0 Å². The number of aliphatic hydroxyl groups is 19. The molecule has 0 aromatic heterocycles. The topological polar surface area (TPSA) is 494 Å². The van der Waals surface area contributed by atoms with Crippen LogP contribution >= 0.6 is 0 Å². The van der Waals surface area contributed by atoms with E-state index in [9.17, 15) is 97.0 Å². The van der Waals surface area contributed by atoms with Crippen molar-refractivity contribution in [3.8, 4) is 0 Å². The van der Waals surface area contributed by atoms with E-state index in [4.69, 9.17) is 47.4 Å². The van der Waals surface area contributed by atoms with Crippen molar-refractivity contribution in [1.82, 2.24) is 0 Å². The van der Waals surface area contributed by atoms with Crippen molar-refractivity contribution in [1.29, 1.82) is 0 Å². The van der Waals surface area contributed by atoms with Gasteiger partial charge >= 0.3 is 5.97 Å². The average Bonchev–Trinajstić information content (AvgIpc) is 0.673. The summed E-state index contributed by atoms with van der Waals surface area (Å²) in [6, 6.07) is 0. The van der Waals surface area contributed by atoms with Gasteiger partial charge in [0.2, 0.25) is 6.29 Å². The number of fused-ring (bicyclic) bond motifs is 7. The van der Waals surface area contributed by atoms with Crippen molar-refractivity contribution in [2.45, 2.75) is 259 Å². The number of aliphatic hydroxyl groups excluding tert-OH is 19. The molecule has 0 spiro atoms. The largest absolute Gasteiger partial charge is 0.432 e. The van der Waals surface area contributed by atoms with E-state index in [1.165, 1.54) is 6.92 Å². The first-order valence-electron chi connectivity index (χ1n) is 31.1. The molecule has 5 heterocycles. The van der Waals surface area contributed by atoms with E-state index in [-0.39, 0.29) is 30.6 Å². The number of hydrogen-bond donors (Lipinski definition) is 19. The lowest BCUT2D eigenvalue weighted by Gasteiger charge is -2.72. The molecule has 5 aliphatic carbocycles. The maximum absolute atomic E-state index is 15.3. The lowest BCUT2D eigenvalue weighted by atomic mass is 9.33. The summed E-state index contributed by atoms with van der Waals surface area (Å²) in [5.74, 6) is -2.38. The number of carbonyl (C=O) groups excluding carboxylic acids is 1. The number of allylic oxidation sites excluding steroid dienone is 2. The molecule has 10 rings (SSSR count). The molecule has 10 aliphatic rings. The quantitative estimate of drug-likeness (QED) is 0.0412. The third kappa shape index (κ3) is 11.6. The van der Waals surface area contributed by atoms with Gasteiger partial charge in [0.15, 0.2) is 31.3 Å². The van der Waals surface area contributed by atoms with Crippen molar-refractivity contribution in [2.75, 3.05) is 39.6 Å². The van der Waals surface area contributed by atoms with Crippen LogP contribution in [-0.4, -0.2) is 308 Å². The van der Waals surface area contributed by atoms with Gasteiger partial charge < -0.3 is 144 Å². The first-order chi connectivity index (χ1) is 41.7. The van der Waals surface area contributed by atoms with Gasteiger partial charge in [-0.25, -0.2) is 0 Å². The van der Waals surface area contributed by atoms with E-state index in [0.29, 0.717) is 32.1 Å². The van der Waals surface area contributed by atoms with Crippen LogP contribution in [-0.2, 0) is 52.2 Å². The van der Waals surface area contributed by atoms with E-state index in [1.807, 2.05) is 6.92 Å². The molecule has 4 saturated carbocycles. The fourth-order valence-electron chi connectivity index (χ4n) is 17.7. The highest BCUT2D eigenvalue weighted by Crippen LogP contribution is 2.76. The lowest BCUT2D eigenvalue weighted by molar-refractivity contribution is -0.360. The van der Waals surface area contributed by atoms with Crippen LogP contribution in [0, 0.1) is 50.2 Å². The van der Waals surface area contributed by atoms with Gasteiger partial charge in [-0.1, -0.05) is 46.3 Å². The van der Waals surface area contributed by atoms with Gasteiger partial charge in [-0.2, -0.15) is 0 Å². The van der Waals surface area contributed by atoms with Crippen molar-refractivity contribution in [2.24, 2.45) is 50.2 Å². The maximum atomic E-state index is 15.3. The molecule has 5 aliphatic heterocycles. The Morgan fingerprint density at radius 2 is 1.08 bits per heavy atom. The highest BCUT2D eigenvalue weighted by molar-refractivity contribution is 5.80. The predicted octanol–water partition coefficient (Wildman–Crippen LogP) is -6.66. The Bertz CT molecular complexity index is 2470. The molecule has 34 unspecified atom stereocenters. The summed E-state index contributed by atoms with van der Waals surface area (Å²) in [7, 11) is 0. The van der Waals surface area contributed by atoms with Crippen LogP contribution < -0.4 is 0 Å². The summed E-state index contributed by atoms with van der Waals surface area (Å²) in [4.78, 5) is 15.3. The van der Waals surface area contributed by atoms with Gasteiger partial charge in [0.05, 0.1) is 64.1 Å². The highest BCUT2D eigenvalue weighted by atomic mass is 16.8. The normalized spacial score (nSPS) is 53.9. The zero-order valence-corrected chi connectivity index (χ0v) is 50.8. The number of rotatable bonds is 15. The summed E-state index contributed by atoms with van der Waals surface area (Å²) in [6.45, 7) is 7.63. The second-order valence-electron chi connectivity index (χ2n) is 28.7. The molecular weight excluding hydrogens is 1190 g/mol. The fraction of sp³-hybridized carbons (Fsp3) is 0.949. The number of hydrogen-bond acceptors (Lipinski definition) is 30. The molecule has 5 saturated heterocycles. The minimum atomic E-state index is -2.00. The first-order valence-corrected chi connectivity index (χ1v) is 31.1. The van der Waals surface area contributed by atoms with Crippen molar-refractivity contribution in [3.05, 3.63) is 11.6 Å². The molecule has 34 atom stereocenters. The van der Waals surface area contributed by atoms with Crippen molar-refractivity contribution >= 4 is 5.97 Å². The van der Waals surface area contributed by atoms with Crippen LogP contribution in [0.4, 0.5) is 0 Å². The summed E-state index contributed by atoms with van der Waals surface area (Å²) in [5.41, 5.74) is -5.07. The lowest BCUT2D eigenvalue weighted by Crippen LogP contribution is -2.71. The van der Waals surface area contributed by atoms with Crippen LogP contribution in [0.3, 0.4) is 0 Å². The highest BCUT2D eigenvalue weighted by Gasteiger charge is 2.74. The minimum Gasteiger partial charge on any atom is -0.432 e. The monoisotopic (exact) mass is 1280 g/mol. The van der Waals surface area contributed by atoms with E-state index < -0.39 is 250 Å². The first kappa shape index (κ1) is 69.9. The summed E-state index contributed by atoms with van der Waals surface area (Å²) in [6.07, 6.45) is -41.0. The average molecular weight is 1290 g/mol. The molecule has 0 radical (unpaired) electrons.